The molecule has 0 aliphatic carbocycles. The SMILES string of the molecule is Cc1cc(NC(=O)CSc2nc3nn(-c4ccccc4)c(=O)c-3c3n2CCCCC3)c([N+](=O)[O-])cc1C. The third-order valence-electron chi connectivity index (χ3n) is 6.58. The van der Waals surface area contributed by atoms with Crippen LogP contribution in [0.1, 0.15) is 36.1 Å². The van der Waals surface area contributed by atoms with Gasteiger partial charge in [0.2, 0.25) is 5.91 Å². The lowest BCUT2D eigenvalue weighted by Gasteiger charge is -2.17. The summed E-state index contributed by atoms with van der Waals surface area (Å²) >= 11 is 1.24. The van der Waals surface area contributed by atoms with E-state index < -0.39 is 4.92 Å². The third-order valence-corrected chi connectivity index (χ3v) is 7.56. The summed E-state index contributed by atoms with van der Waals surface area (Å²) < 4.78 is 3.41. The number of carbonyl (C=O) groups excluding carboxylic acids is 1. The number of hydrogen-bond acceptors (Lipinski definition) is 7. The molecule has 3 heterocycles. The number of nitro benzene ring substituents is 1. The molecule has 1 amide bonds. The number of nitrogens with zero attached hydrogens (tertiary/aromatic N) is 5. The van der Waals surface area contributed by atoms with E-state index in [0.717, 1.165) is 42.5 Å². The van der Waals surface area contributed by atoms with E-state index in [2.05, 4.69) is 10.4 Å². The van der Waals surface area contributed by atoms with E-state index in [1.807, 2.05) is 41.8 Å². The van der Waals surface area contributed by atoms with Gasteiger partial charge >= 0.3 is 0 Å². The minimum atomic E-state index is -0.496. The molecular formula is C26H26N6O4S. The maximum Gasteiger partial charge on any atom is 0.293 e. The van der Waals surface area contributed by atoms with Crippen LogP contribution in [0.25, 0.3) is 17.1 Å². The molecule has 0 bridgehead atoms. The van der Waals surface area contributed by atoms with Gasteiger partial charge in [-0.15, -0.1) is 5.10 Å². The Morgan fingerprint density at radius 3 is 2.65 bits per heavy atom. The minimum Gasteiger partial charge on any atom is -0.324 e. The van der Waals surface area contributed by atoms with Gasteiger partial charge in [-0.2, -0.15) is 4.68 Å². The Balaban J connectivity index is 1.47. The second-order valence-electron chi connectivity index (χ2n) is 9.10. The van der Waals surface area contributed by atoms with Crippen LogP contribution >= 0.6 is 11.8 Å². The van der Waals surface area contributed by atoms with E-state index >= 15 is 0 Å². The second kappa shape index (κ2) is 10.2. The highest BCUT2D eigenvalue weighted by atomic mass is 32.2. The number of rotatable bonds is 6. The molecule has 0 unspecified atom stereocenters. The van der Waals surface area contributed by atoms with Gasteiger partial charge in [-0.3, -0.25) is 19.7 Å². The standard InChI is InChI=1S/C26H26N6O4S/c1-16-13-19(21(32(35)36)14-17(16)2)27-22(33)15-37-26-28-24-23(20-11-7-4-8-12-30(20)26)25(34)31(29-24)18-9-5-3-6-10-18/h3,5-6,9-10,13-14H,4,7-8,11-12,15H2,1-2H3,(H,27,33). The zero-order chi connectivity index (χ0) is 26.1. The van der Waals surface area contributed by atoms with Crippen molar-refractivity contribution in [2.24, 2.45) is 0 Å². The van der Waals surface area contributed by atoms with Crippen LogP contribution in [0.5, 0.6) is 0 Å². The summed E-state index contributed by atoms with van der Waals surface area (Å²) in [7, 11) is 0. The van der Waals surface area contributed by atoms with Crippen molar-refractivity contribution in [2.45, 2.75) is 51.2 Å². The third kappa shape index (κ3) is 4.86. The number of aromatic nitrogens is 4. The van der Waals surface area contributed by atoms with Crippen LogP contribution in [0.2, 0.25) is 0 Å². The van der Waals surface area contributed by atoms with Gasteiger partial charge in [0.25, 0.3) is 11.2 Å². The zero-order valence-electron chi connectivity index (χ0n) is 20.6. The van der Waals surface area contributed by atoms with Crippen molar-refractivity contribution in [3.8, 4) is 17.1 Å². The highest BCUT2D eigenvalue weighted by molar-refractivity contribution is 7.99. The fourth-order valence-corrected chi connectivity index (χ4v) is 5.42. The van der Waals surface area contributed by atoms with E-state index in [1.165, 1.54) is 22.5 Å². The number of aryl methyl sites for hydroxylation is 2. The predicted molar refractivity (Wildman–Crippen MR) is 142 cm³/mol. The first-order valence-electron chi connectivity index (χ1n) is 12.1. The fourth-order valence-electron chi connectivity index (χ4n) is 4.58. The van der Waals surface area contributed by atoms with Gasteiger partial charge < -0.3 is 9.88 Å². The van der Waals surface area contributed by atoms with Crippen molar-refractivity contribution in [1.29, 1.82) is 0 Å². The topological polar surface area (TPSA) is 125 Å². The van der Waals surface area contributed by atoms with Crippen LogP contribution in [0.15, 0.2) is 52.4 Å². The Morgan fingerprint density at radius 2 is 1.89 bits per heavy atom. The molecule has 0 fully saturated rings. The molecule has 10 nitrogen and oxygen atoms in total. The van der Waals surface area contributed by atoms with Crippen LogP contribution in [0.3, 0.4) is 0 Å². The van der Waals surface area contributed by atoms with Gasteiger partial charge in [0.1, 0.15) is 11.3 Å². The van der Waals surface area contributed by atoms with E-state index in [-0.39, 0.29) is 28.6 Å². The Morgan fingerprint density at radius 1 is 1.14 bits per heavy atom. The van der Waals surface area contributed by atoms with Crippen molar-refractivity contribution in [3.63, 3.8) is 0 Å². The van der Waals surface area contributed by atoms with E-state index in [4.69, 9.17) is 4.98 Å². The van der Waals surface area contributed by atoms with Crippen molar-refractivity contribution < 1.29 is 9.72 Å². The number of carbonyl (C=O) groups is 1. The number of nitro groups is 1. The Hall–Kier alpha value is -3.99. The summed E-state index contributed by atoms with van der Waals surface area (Å²) in [5.41, 5.74) is 3.54. The maximum atomic E-state index is 13.4. The second-order valence-corrected chi connectivity index (χ2v) is 10.0. The molecule has 0 aromatic heterocycles. The Bertz CT molecular complexity index is 1530. The molecule has 0 atom stereocenters. The smallest absolute Gasteiger partial charge is 0.293 e. The van der Waals surface area contributed by atoms with E-state index in [1.54, 1.807) is 13.0 Å². The molecule has 3 aliphatic heterocycles. The average molecular weight is 519 g/mol. The first kappa shape index (κ1) is 24.7. The molecule has 2 aromatic carbocycles. The van der Waals surface area contributed by atoms with Crippen LogP contribution in [0.4, 0.5) is 11.4 Å². The zero-order valence-corrected chi connectivity index (χ0v) is 21.4. The van der Waals surface area contributed by atoms with Gasteiger partial charge in [-0.1, -0.05) is 36.4 Å². The summed E-state index contributed by atoms with van der Waals surface area (Å²) in [4.78, 5) is 41.9. The van der Waals surface area contributed by atoms with Crippen molar-refractivity contribution >= 4 is 29.0 Å². The Kier molecular flexibility index (Phi) is 6.79. The van der Waals surface area contributed by atoms with Crippen molar-refractivity contribution in [3.05, 3.63) is 79.8 Å². The molecule has 11 heteroatoms. The van der Waals surface area contributed by atoms with Gasteiger partial charge in [-0.05, 0) is 62.4 Å². The van der Waals surface area contributed by atoms with Gasteiger partial charge in [0.05, 0.1) is 16.4 Å². The molecule has 1 N–H and O–H groups in total. The predicted octanol–water partition coefficient (Wildman–Crippen LogP) is 4.52. The number of fused-ring (bicyclic) bond motifs is 3. The van der Waals surface area contributed by atoms with Gasteiger partial charge in [-0.25, -0.2) is 4.98 Å². The molecule has 3 aliphatic rings. The van der Waals surface area contributed by atoms with Crippen molar-refractivity contribution in [2.75, 3.05) is 11.1 Å². The molecule has 0 spiro atoms. The van der Waals surface area contributed by atoms with E-state index in [0.29, 0.717) is 28.8 Å². The summed E-state index contributed by atoms with van der Waals surface area (Å²) in [6.45, 7) is 4.33. The van der Waals surface area contributed by atoms with Crippen LogP contribution in [0, 0.1) is 24.0 Å². The van der Waals surface area contributed by atoms with Crippen LogP contribution < -0.4 is 10.9 Å². The largest absolute Gasteiger partial charge is 0.324 e. The molecule has 0 radical (unpaired) electrons. The monoisotopic (exact) mass is 518 g/mol. The lowest BCUT2D eigenvalue weighted by Crippen LogP contribution is -2.20. The molecular weight excluding hydrogens is 492 g/mol. The maximum absolute atomic E-state index is 13.4. The Labute approximate surface area is 217 Å². The highest BCUT2D eigenvalue weighted by Gasteiger charge is 2.27. The molecule has 190 valence electrons. The molecule has 5 rings (SSSR count). The average Bonchev–Trinajstić information content (AvgIpc) is 3.03. The summed E-state index contributed by atoms with van der Waals surface area (Å²) in [6.07, 6.45) is 3.66. The van der Waals surface area contributed by atoms with Gasteiger partial charge in [0, 0.05) is 18.3 Å². The number of nitrogens with one attached hydrogen (secondary N) is 1. The van der Waals surface area contributed by atoms with Crippen LogP contribution in [-0.4, -0.2) is 35.9 Å². The van der Waals surface area contributed by atoms with Crippen molar-refractivity contribution in [1.82, 2.24) is 19.3 Å². The summed E-state index contributed by atoms with van der Waals surface area (Å²) in [5.74, 6) is -0.0127. The number of amides is 1. The fraction of sp³-hybridized carbons (Fsp3) is 0.308. The van der Waals surface area contributed by atoms with E-state index in [9.17, 15) is 19.7 Å². The lowest BCUT2D eigenvalue weighted by atomic mass is 10.1. The number of anilines is 1. The van der Waals surface area contributed by atoms with Gasteiger partial charge in [0.15, 0.2) is 11.0 Å². The van der Waals surface area contributed by atoms with Crippen LogP contribution in [-0.2, 0) is 17.8 Å². The number of para-hydroxylation sites is 1. The first-order valence-corrected chi connectivity index (χ1v) is 13.1. The minimum absolute atomic E-state index is 0.00561. The molecule has 0 saturated heterocycles. The number of benzene rings is 2. The summed E-state index contributed by atoms with van der Waals surface area (Å²) in [5, 5.41) is 19.3. The number of hydrogen-bond donors (Lipinski definition) is 1. The molecule has 0 saturated carbocycles. The molecule has 2 aromatic rings. The first-order chi connectivity index (χ1) is 17.8. The number of thioether (sulfide) groups is 1. The normalized spacial score (nSPS) is 13.2. The molecule has 37 heavy (non-hydrogen) atoms. The highest BCUT2D eigenvalue weighted by Crippen LogP contribution is 2.31. The quantitative estimate of drug-likeness (QED) is 0.172. The lowest BCUT2D eigenvalue weighted by molar-refractivity contribution is -0.384. The summed E-state index contributed by atoms with van der Waals surface area (Å²) in [6, 6.07) is 12.3.